The van der Waals surface area contributed by atoms with Crippen LogP contribution in [-0.2, 0) is 9.59 Å². The van der Waals surface area contributed by atoms with Crippen molar-refractivity contribution in [1.29, 1.82) is 0 Å². The molecule has 2 unspecified atom stereocenters. The molecule has 2 saturated heterocycles. The average molecular weight is 305 g/mol. The van der Waals surface area contributed by atoms with Gasteiger partial charge in [0.1, 0.15) is 12.1 Å². The van der Waals surface area contributed by atoms with Crippen LogP contribution in [0, 0.1) is 0 Å². The maximum absolute atomic E-state index is 12.3. The lowest BCUT2D eigenvalue weighted by atomic mass is 10.1. The normalized spacial score (nSPS) is 24.6. The van der Waals surface area contributed by atoms with E-state index in [4.69, 9.17) is 4.74 Å². The molecular weight excluding hydrogens is 290 g/mol. The van der Waals surface area contributed by atoms with Crippen molar-refractivity contribution in [3.05, 3.63) is 18.3 Å². The third kappa shape index (κ3) is 3.13. The van der Waals surface area contributed by atoms with Gasteiger partial charge in [0.25, 0.3) is 0 Å². The van der Waals surface area contributed by atoms with Crippen LogP contribution >= 0.6 is 0 Å². The number of carbonyl (C=O) groups is 3. The van der Waals surface area contributed by atoms with Gasteiger partial charge in [-0.05, 0) is 6.07 Å². The summed E-state index contributed by atoms with van der Waals surface area (Å²) in [6.45, 7) is 0.904. The molecule has 0 aliphatic carbocycles. The first-order chi connectivity index (χ1) is 10.6. The summed E-state index contributed by atoms with van der Waals surface area (Å²) < 4.78 is 5.65. The second-order valence-corrected chi connectivity index (χ2v) is 5.15. The maximum atomic E-state index is 12.3. The van der Waals surface area contributed by atoms with E-state index in [1.54, 1.807) is 23.2 Å². The van der Waals surface area contributed by atoms with Crippen LogP contribution in [-0.4, -0.2) is 58.2 Å². The fraction of sp³-hybridized carbons (Fsp3) is 0.462. The van der Waals surface area contributed by atoms with Crippen molar-refractivity contribution in [1.82, 2.24) is 25.7 Å². The molecule has 9 heteroatoms. The van der Waals surface area contributed by atoms with Crippen LogP contribution < -0.4 is 15.4 Å². The lowest BCUT2D eigenvalue weighted by Crippen LogP contribution is -2.58. The average Bonchev–Trinajstić information content (AvgIpc) is 2.95. The van der Waals surface area contributed by atoms with Crippen molar-refractivity contribution in [3.8, 4) is 5.88 Å². The highest BCUT2D eigenvalue weighted by atomic mass is 16.5. The Bertz CT molecular complexity index is 577. The Labute approximate surface area is 126 Å². The number of aromatic nitrogens is 2. The van der Waals surface area contributed by atoms with Crippen LogP contribution in [0.4, 0.5) is 4.79 Å². The van der Waals surface area contributed by atoms with E-state index in [1.807, 2.05) is 0 Å². The first kappa shape index (κ1) is 14.2. The molecule has 1 aromatic rings. The minimum absolute atomic E-state index is 0.0449. The molecule has 9 nitrogen and oxygen atoms in total. The molecule has 2 aliphatic rings. The van der Waals surface area contributed by atoms with E-state index in [9.17, 15) is 14.4 Å². The summed E-state index contributed by atoms with van der Waals surface area (Å²) in [5, 5.41) is 12.1. The lowest BCUT2D eigenvalue weighted by molar-refractivity contribution is -0.135. The predicted molar refractivity (Wildman–Crippen MR) is 72.7 cm³/mol. The Balaban J connectivity index is 1.57. The highest BCUT2D eigenvalue weighted by molar-refractivity contribution is 6.02. The van der Waals surface area contributed by atoms with Gasteiger partial charge in [0.15, 0.2) is 0 Å². The molecule has 0 radical (unpaired) electrons. The third-order valence-corrected chi connectivity index (χ3v) is 3.54. The van der Waals surface area contributed by atoms with E-state index < -0.39 is 18.0 Å². The number of hydrogen-bond acceptors (Lipinski definition) is 6. The summed E-state index contributed by atoms with van der Waals surface area (Å²) in [5.41, 5.74) is 0. The van der Waals surface area contributed by atoms with E-state index in [0.29, 0.717) is 25.4 Å². The molecule has 0 bridgehead atoms. The predicted octanol–water partition coefficient (Wildman–Crippen LogP) is -0.946. The van der Waals surface area contributed by atoms with Crippen LogP contribution in [0.5, 0.6) is 5.88 Å². The van der Waals surface area contributed by atoms with E-state index in [-0.39, 0.29) is 18.4 Å². The standard InChI is InChI=1S/C13H15N5O4/c19-10-6-9(15-13(21)16-10)12(20)18-5-3-8(7-18)22-11-2-1-4-14-17-11/h1-2,4,8-9H,3,5-7H2,(H2,15,16,19,21). The molecule has 3 rings (SSSR count). The summed E-state index contributed by atoms with van der Waals surface area (Å²) in [4.78, 5) is 36.5. The highest BCUT2D eigenvalue weighted by Crippen LogP contribution is 2.17. The van der Waals surface area contributed by atoms with Crippen molar-refractivity contribution in [2.45, 2.75) is 25.0 Å². The van der Waals surface area contributed by atoms with Crippen LogP contribution in [0.2, 0.25) is 0 Å². The van der Waals surface area contributed by atoms with Gasteiger partial charge in [0.2, 0.25) is 17.7 Å². The topological polar surface area (TPSA) is 114 Å². The second kappa shape index (κ2) is 5.96. The van der Waals surface area contributed by atoms with Crippen molar-refractivity contribution in [3.63, 3.8) is 0 Å². The van der Waals surface area contributed by atoms with Gasteiger partial charge in [-0.1, -0.05) is 0 Å². The molecule has 2 aliphatic heterocycles. The van der Waals surface area contributed by atoms with Gasteiger partial charge in [-0.2, -0.15) is 5.10 Å². The Morgan fingerprint density at radius 1 is 1.41 bits per heavy atom. The second-order valence-electron chi connectivity index (χ2n) is 5.15. The van der Waals surface area contributed by atoms with Crippen LogP contribution in [0.1, 0.15) is 12.8 Å². The first-order valence-electron chi connectivity index (χ1n) is 6.95. The summed E-state index contributed by atoms with van der Waals surface area (Å²) in [5.74, 6) is -0.311. The number of likely N-dealkylation sites (tertiary alicyclic amines) is 1. The molecular formula is C13H15N5O4. The lowest BCUT2D eigenvalue weighted by Gasteiger charge is -2.26. The molecule has 2 fully saturated rings. The Kier molecular flexibility index (Phi) is 3.86. The van der Waals surface area contributed by atoms with Gasteiger partial charge in [-0.3, -0.25) is 14.9 Å². The number of urea groups is 1. The molecule has 0 spiro atoms. The number of imide groups is 1. The Morgan fingerprint density at radius 3 is 3.00 bits per heavy atom. The molecule has 2 N–H and O–H groups in total. The fourth-order valence-corrected chi connectivity index (χ4v) is 2.52. The Morgan fingerprint density at radius 2 is 2.27 bits per heavy atom. The van der Waals surface area contributed by atoms with Gasteiger partial charge in [0, 0.05) is 25.2 Å². The SMILES string of the molecule is O=C1CC(C(=O)N2CCC(Oc3cccnn3)C2)NC(=O)N1. The van der Waals surface area contributed by atoms with Gasteiger partial charge >= 0.3 is 6.03 Å². The minimum Gasteiger partial charge on any atom is -0.471 e. The van der Waals surface area contributed by atoms with Crippen molar-refractivity contribution in [2.75, 3.05) is 13.1 Å². The van der Waals surface area contributed by atoms with Crippen molar-refractivity contribution in [2.24, 2.45) is 0 Å². The van der Waals surface area contributed by atoms with Gasteiger partial charge in [-0.15, -0.1) is 5.10 Å². The number of rotatable bonds is 3. The summed E-state index contributed by atoms with van der Waals surface area (Å²) >= 11 is 0. The number of carbonyl (C=O) groups excluding carboxylic acids is 3. The molecule has 22 heavy (non-hydrogen) atoms. The van der Waals surface area contributed by atoms with Crippen LogP contribution in [0.3, 0.4) is 0 Å². The van der Waals surface area contributed by atoms with E-state index in [0.717, 1.165) is 0 Å². The molecule has 3 heterocycles. The number of nitrogens with one attached hydrogen (secondary N) is 2. The van der Waals surface area contributed by atoms with Crippen LogP contribution in [0.25, 0.3) is 0 Å². The molecule has 2 atom stereocenters. The fourth-order valence-electron chi connectivity index (χ4n) is 2.52. The summed E-state index contributed by atoms with van der Waals surface area (Å²) in [6.07, 6.45) is 1.99. The van der Waals surface area contributed by atoms with Gasteiger partial charge in [-0.25, -0.2) is 4.79 Å². The third-order valence-electron chi connectivity index (χ3n) is 3.54. The summed E-state index contributed by atoms with van der Waals surface area (Å²) in [7, 11) is 0. The summed E-state index contributed by atoms with van der Waals surface area (Å²) in [6, 6.07) is 1.97. The molecule has 0 aromatic carbocycles. The van der Waals surface area contributed by atoms with Crippen molar-refractivity contribution < 1.29 is 19.1 Å². The van der Waals surface area contributed by atoms with E-state index >= 15 is 0 Å². The zero-order valence-corrected chi connectivity index (χ0v) is 11.7. The smallest absolute Gasteiger partial charge is 0.322 e. The molecule has 0 saturated carbocycles. The maximum Gasteiger partial charge on any atom is 0.322 e. The first-order valence-corrected chi connectivity index (χ1v) is 6.95. The zero-order valence-electron chi connectivity index (χ0n) is 11.7. The van der Waals surface area contributed by atoms with E-state index in [2.05, 4.69) is 20.8 Å². The Hall–Kier alpha value is -2.71. The van der Waals surface area contributed by atoms with Gasteiger partial charge < -0.3 is 15.0 Å². The molecule has 4 amide bonds. The number of nitrogens with zero attached hydrogens (tertiary/aromatic N) is 3. The van der Waals surface area contributed by atoms with Gasteiger partial charge in [0.05, 0.1) is 13.0 Å². The number of ether oxygens (including phenoxy) is 1. The van der Waals surface area contributed by atoms with Crippen molar-refractivity contribution >= 4 is 17.8 Å². The highest BCUT2D eigenvalue weighted by Gasteiger charge is 2.36. The molecule has 1 aromatic heterocycles. The molecule has 116 valence electrons. The minimum atomic E-state index is -0.809. The van der Waals surface area contributed by atoms with E-state index in [1.165, 1.54) is 0 Å². The van der Waals surface area contributed by atoms with Crippen LogP contribution in [0.15, 0.2) is 18.3 Å². The number of hydrogen-bond donors (Lipinski definition) is 2. The number of amides is 4. The largest absolute Gasteiger partial charge is 0.471 e. The zero-order chi connectivity index (χ0) is 15.5. The monoisotopic (exact) mass is 305 g/mol. The quantitative estimate of drug-likeness (QED) is 0.744.